The molecule has 1 fully saturated rings. The van der Waals surface area contributed by atoms with Crippen molar-refractivity contribution in [3.63, 3.8) is 0 Å². The predicted molar refractivity (Wildman–Crippen MR) is 113 cm³/mol. The number of para-hydroxylation sites is 1. The van der Waals surface area contributed by atoms with Gasteiger partial charge in [-0.3, -0.25) is 9.69 Å². The van der Waals surface area contributed by atoms with Crippen molar-refractivity contribution in [1.82, 2.24) is 15.0 Å². The Morgan fingerprint density at radius 1 is 1.14 bits per heavy atom. The van der Waals surface area contributed by atoms with Crippen LogP contribution in [0.4, 0.5) is 5.69 Å². The van der Waals surface area contributed by atoms with Gasteiger partial charge in [0.15, 0.2) is 0 Å². The lowest BCUT2D eigenvalue weighted by molar-refractivity contribution is -0.123. The summed E-state index contributed by atoms with van der Waals surface area (Å²) in [6.07, 6.45) is 1.64. The summed E-state index contributed by atoms with van der Waals surface area (Å²) in [5.74, 6) is 1.28. The van der Waals surface area contributed by atoms with Crippen LogP contribution in [-0.2, 0) is 11.3 Å². The van der Waals surface area contributed by atoms with E-state index in [4.69, 9.17) is 16.1 Å². The number of halogens is 1. The van der Waals surface area contributed by atoms with E-state index >= 15 is 0 Å². The molecule has 0 radical (unpaired) electrons. The zero-order valence-electron chi connectivity index (χ0n) is 16.3. The van der Waals surface area contributed by atoms with Crippen LogP contribution in [0.5, 0.6) is 0 Å². The summed E-state index contributed by atoms with van der Waals surface area (Å²) < 4.78 is 5.41. The summed E-state index contributed by atoms with van der Waals surface area (Å²) in [4.78, 5) is 21.3. The van der Waals surface area contributed by atoms with Gasteiger partial charge in [0.2, 0.25) is 17.6 Å². The third kappa shape index (κ3) is 4.49. The lowest BCUT2D eigenvalue weighted by atomic mass is 9.95. The number of likely N-dealkylation sites (tertiary alicyclic amines) is 1. The smallest absolute Gasteiger partial charge is 0.241 e. The van der Waals surface area contributed by atoms with E-state index in [1.807, 2.05) is 55.6 Å². The molecule has 0 saturated carbocycles. The maximum absolute atomic E-state index is 12.8. The van der Waals surface area contributed by atoms with Gasteiger partial charge in [0.25, 0.3) is 0 Å². The molecule has 7 heteroatoms. The minimum Gasteiger partial charge on any atom is -0.338 e. The van der Waals surface area contributed by atoms with E-state index in [2.05, 4.69) is 15.0 Å². The molecule has 0 N–H and O–H groups in total. The van der Waals surface area contributed by atoms with Crippen molar-refractivity contribution in [2.24, 2.45) is 5.92 Å². The molecule has 1 saturated heterocycles. The van der Waals surface area contributed by atoms with Crippen molar-refractivity contribution < 1.29 is 9.32 Å². The Morgan fingerprint density at radius 2 is 1.83 bits per heavy atom. The molecule has 150 valence electrons. The van der Waals surface area contributed by atoms with Gasteiger partial charge in [-0.05, 0) is 50.2 Å². The number of amides is 1. The van der Waals surface area contributed by atoms with Crippen LogP contribution in [0.1, 0.15) is 18.7 Å². The topological polar surface area (TPSA) is 62.5 Å². The van der Waals surface area contributed by atoms with Gasteiger partial charge in [-0.25, -0.2) is 0 Å². The van der Waals surface area contributed by atoms with Gasteiger partial charge in [0.05, 0.1) is 11.6 Å². The standard InChI is InChI=1S/C22H23ClN4O2/c1-26(17-7-3-2-4-8-17)22(28)16-11-13-27(14-12-16)15-20-24-21(25-29-20)18-9-5-6-10-19(18)23/h2-10,16H,11-15H2,1H3. The van der Waals surface area contributed by atoms with E-state index in [-0.39, 0.29) is 11.8 Å². The molecule has 1 aliphatic rings. The number of aromatic nitrogens is 2. The van der Waals surface area contributed by atoms with Crippen LogP contribution >= 0.6 is 11.6 Å². The molecule has 4 rings (SSSR count). The summed E-state index contributed by atoms with van der Waals surface area (Å²) in [5.41, 5.74) is 1.69. The normalized spacial score (nSPS) is 15.4. The van der Waals surface area contributed by atoms with E-state index in [9.17, 15) is 4.79 Å². The molecule has 0 aliphatic carbocycles. The van der Waals surface area contributed by atoms with Crippen LogP contribution in [0.2, 0.25) is 5.02 Å². The minimum atomic E-state index is 0.0397. The highest BCUT2D eigenvalue weighted by atomic mass is 35.5. The van der Waals surface area contributed by atoms with Crippen LogP contribution in [0.25, 0.3) is 11.4 Å². The molecule has 0 bridgehead atoms. The number of rotatable bonds is 5. The number of piperidine rings is 1. The Labute approximate surface area is 175 Å². The monoisotopic (exact) mass is 410 g/mol. The molecule has 3 aromatic rings. The summed E-state index contributed by atoms with van der Waals surface area (Å²) >= 11 is 6.21. The fraction of sp³-hybridized carbons (Fsp3) is 0.318. The van der Waals surface area contributed by atoms with E-state index in [0.717, 1.165) is 37.2 Å². The maximum atomic E-state index is 12.8. The van der Waals surface area contributed by atoms with Crippen LogP contribution in [0.3, 0.4) is 0 Å². The number of nitrogens with zero attached hydrogens (tertiary/aromatic N) is 4. The third-order valence-electron chi connectivity index (χ3n) is 5.35. The molecule has 0 unspecified atom stereocenters. The van der Waals surface area contributed by atoms with E-state index < -0.39 is 0 Å². The summed E-state index contributed by atoms with van der Waals surface area (Å²) in [7, 11) is 1.85. The van der Waals surface area contributed by atoms with E-state index in [1.165, 1.54) is 0 Å². The maximum Gasteiger partial charge on any atom is 0.241 e. The minimum absolute atomic E-state index is 0.0397. The number of benzene rings is 2. The first-order valence-electron chi connectivity index (χ1n) is 9.74. The molecule has 1 aromatic heterocycles. The first kappa shape index (κ1) is 19.6. The summed E-state index contributed by atoms with van der Waals surface area (Å²) in [6, 6.07) is 17.2. The van der Waals surface area contributed by atoms with Gasteiger partial charge in [0, 0.05) is 24.2 Å². The number of anilines is 1. The second-order valence-corrected chi connectivity index (χ2v) is 7.68. The van der Waals surface area contributed by atoms with Crippen molar-refractivity contribution in [2.45, 2.75) is 19.4 Å². The first-order chi connectivity index (χ1) is 14.1. The number of hydrogen-bond acceptors (Lipinski definition) is 5. The highest BCUT2D eigenvalue weighted by Gasteiger charge is 2.28. The van der Waals surface area contributed by atoms with Gasteiger partial charge < -0.3 is 9.42 Å². The Kier molecular flexibility index (Phi) is 5.92. The quantitative estimate of drug-likeness (QED) is 0.628. The fourth-order valence-electron chi connectivity index (χ4n) is 3.65. The highest BCUT2D eigenvalue weighted by molar-refractivity contribution is 6.33. The lowest BCUT2D eigenvalue weighted by Crippen LogP contribution is -2.41. The van der Waals surface area contributed by atoms with Crippen molar-refractivity contribution in [3.8, 4) is 11.4 Å². The molecule has 0 spiro atoms. The Balaban J connectivity index is 1.33. The van der Waals surface area contributed by atoms with Gasteiger partial charge in [-0.15, -0.1) is 0 Å². The van der Waals surface area contributed by atoms with Gasteiger partial charge in [-0.2, -0.15) is 4.98 Å². The zero-order chi connectivity index (χ0) is 20.2. The lowest BCUT2D eigenvalue weighted by Gasteiger charge is -2.32. The average Bonchev–Trinajstić information content (AvgIpc) is 3.22. The largest absolute Gasteiger partial charge is 0.338 e. The van der Waals surface area contributed by atoms with Crippen molar-refractivity contribution in [2.75, 3.05) is 25.0 Å². The van der Waals surface area contributed by atoms with Crippen LogP contribution in [0, 0.1) is 5.92 Å². The van der Waals surface area contributed by atoms with Crippen LogP contribution in [-0.4, -0.2) is 41.1 Å². The van der Waals surface area contributed by atoms with Crippen molar-refractivity contribution in [1.29, 1.82) is 0 Å². The molecule has 1 aliphatic heterocycles. The van der Waals surface area contributed by atoms with E-state index in [0.29, 0.717) is 23.3 Å². The number of carbonyl (C=O) groups is 1. The highest BCUT2D eigenvalue weighted by Crippen LogP contribution is 2.26. The van der Waals surface area contributed by atoms with Gasteiger partial charge in [0.1, 0.15) is 0 Å². The second-order valence-electron chi connectivity index (χ2n) is 7.27. The SMILES string of the molecule is CN(C(=O)C1CCN(Cc2nc(-c3ccccc3Cl)no2)CC1)c1ccccc1. The molecule has 2 aromatic carbocycles. The molecule has 0 atom stereocenters. The first-order valence-corrected chi connectivity index (χ1v) is 10.1. The summed E-state index contributed by atoms with van der Waals surface area (Å²) in [5, 5.41) is 4.65. The Bertz CT molecular complexity index is 968. The predicted octanol–water partition coefficient (Wildman–Crippen LogP) is 4.27. The molecule has 1 amide bonds. The van der Waals surface area contributed by atoms with Crippen LogP contribution in [0.15, 0.2) is 59.1 Å². The molecular formula is C22H23ClN4O2. The Morgan fingerprint density at radius 3 is 2.55 bits per heavy atom. The Hall–Kier alpha value is -2.70. The molecular weight excluding hydrogens is 388 g/mol. The molecule has 29 heavy (non-hydrogen) atoms. The molecule has 2 heterocycles. The van der Waals surface area contributed by atoms with Gasteiger partial charge >= 0.3 is 0 Å². The fourth-order valence-corrected chi connectivity index (χ4v) is 3.87. The summed E-state index contributed by atoms with van der Waals surface area (Å²) in [6.45, 7) is 2.22. The zero-order valence-corrected chi connectivity index (χ0v) is 17.0. The molecule has 6 nitrogen and oxygen atoms in total. The van der Waals surface area contributed by atoms with Crippen molar-refractivity contribution >= 4 is 23.2 Å². The average molecular weight is 411 g/mol. The van der Waals surface area contributed by atoms with Crippen molar-refractivity contribution in [3.05, 3.63) is 65.5 Å². The van der Waals surface area contributed by atoms with Crippen LogP contribution < -0.4 is 4.90 Å². The third-order valence-corrected chi connectivity index (χ3v) is 5.68. The number of hydrogen-bond donors (Lipinski definition) is 0. The number of carbonyl (C=O) groups excluding carboxylic acids is 1. The second kappa shape index (κ2) is 8.76. The van der Waals surface area contributed by atoms with Gasteiger partial charge in [-0.1, -0.05) is 47.1 Å². The van der Waals surface area contributed by atoms with E-state index in [1.54, 1.807) is 11.0 Å².